The van der Waals surface area contributed by atoms with Gasteiger partial charge in [0.05, 0.1) is 24.8 Å². The molecule has 26 heavy (non-hydrogen) atoms. The van der Waals surface area contributed by atoms with Gasteiger partial charge in [-0.2, -0.15) is 0 Å². The lowest BCUT2D eigenvalue weighted by Crippen LogP contribution is -2.07. The first-order valence-electron chi connectivity index (χ1n) is 9.14. The summed E-state index contributed by atoms with van der Waals surface area (Å²) < 4.78 is 13.4. The minimum Gasteiger partial charge on any atom is -0.493 e. The Morgan fingerprint density at radius 3 is 2.54 bits per heavy atom. The normalized spacial score (nSPS) is 11.0. The van der Waals surface area contributed by atoms with E-state index in [1.54, 1.807) is 7.11 Å². The number of hydrogen-bond donors (Lipinski definition) is 1. The quantitative estimate of drug-likeness (QED) is 0.562. The maximum Gasteiger partial charge on any atom is 0.161 e. The van der Waals surface area contributed by atoms with Crippen molar-refractivity contribution in [2.45, 2.75) is 32.2 Å². The number of fused-ring (bicyclic) bond motifs is 1. The molecule has 3 aromatic rings. The van der Waals surface area contributed by atoms with Crippen molar-refractivity contribution >= 4 is 11.0 Å². The first-order chi connectivity index (χ1) is 12.8. The number of aliphatic hydroxyl groups excluding tert-OH is 1. The number of aliphatic hydroxyl groups is 1. The highest BCUT2D eigenvalue weighted by atomic mass is 16.5. The highest BCUT2D eigenvalue weighted by molar-refractivity contribution is 5.75. The number of aryl methyl sites for hydroxylation is 2. The summed E-state index contributed by atoms with van der Waals surface area (Å²) in [6, 6.07) is 15.9. The lowest BCUT2D eigenvalue weighted by molar-refractivity contribution is 0.282. The average Bonchev–Trinajstić information content (AvgIpc) is 3.04. The lowest BCUT2D eigenvalue weighted by Gasteiger charge is -2.11. The Labute approximate surface area is 154 Å². The molecule has 0 atom stereocenters. The van der Waals surface area contributed by atoms with Crippen molar-refractivity contribution in [3.8, 4) is 11.5 Å². The molecule has 1 aromatic heterocycles. The van der Waals surface area contributed by atoms with Crippen LogP contribution in [0.3, 0.4) is 0 Å². The largest absolute Gasteiger partial charge is 0.493 e. The molecular formula is C21H26N2O3. The van der Waals surface area contributed by atoms with Crippen LogP contribution < -0.4 is 9.47 Å². The molecule has 0 amide bonds. The van der Waals surface area contributed by atoms with E-state index in [9.17, 15) is 0 Å². The molecule has 5 heteroatoms. The number of rotatable bonds is 10. The number of ether oxygens (including phenoxy) is 2. The molecule has 0 bridgehead atoms. The van der Waals surface area contributed by atoms with Gasteiger partial charge in [0, 0.05) is 19.6 Å². The Balaban J connectivity index is 1.57. The molecule has 0 radical (unpaired) electrons. The summed E-state index contributed by atoms with van der Waals surface area (Å²) >= 11 is 0. The molecule has 2 aromatic carbocycles. The average molecular weight is 354 g/mol. The Bertz CT molecular complexity index is 829. The number of para-hydroxylation sites is 4. The SMILES string of the molecule is COc1ccccc1OCCCCn1c(CCCO)nc2ccccc21. The van der Waals surface area contributed by atoms with Gasteiger partial charge in [0.2, 0.25) is 0 Å². The van der Waals surface area contributed by atoms with E-state index >= 15 is 0 Å². The molecule has 0 saturated carbocycles. The van der Waals surface area contributed by atoms with Crippen LogP contribution in [0.4, 0.5) is 0 Å². The van der Waals surface area contributed by atoms with Gasteiger partial charge in [0.1, 0.15) is 5.82 Å². The van der Waals surface area contributed by atoms with Gasteiger partial charge < -0.3 is 19.1 Å². The van der Waals surface area contributed by atoms with E-state index in [0.29, 0.717) is 6.61 Å². The van der Waals surface area contributed by atoms with Gasteiger partial charge in [-0.3, -0.25) is 0 Å². The Hall–Kier alpha value is -2.53. The Morgan fingerprint density at radius 1 is 0.962 bits per heavy atom. The maximum absolute atomic E-state index is 9.13. The molecule has 0 aliphatic heterocycles. The van der Waals surface area contributed by atoms with Gasteiger partial charge >= 0.3 is 0 Å². The van der Waals surface area contributed by atoms with E-state index in [1.165, 1.54) is 0 Å². The Kier molecular flexibility index (Phi) is 6.50. The van der Waals surface area contributed by atoms with Crippen LogP contribution in [0.25, 0.3) is 11.0 Å². The lowest BCUT2D eigenvalue weighted by atomic mass is 10.2. The number of nitrogens with zero attached hydrogens (tertiary/aromatic N) is 2. The van der Waals surface area contributed by atoms with Gasteiger partial charge in [-0.25, -0.2) is 4.98 Å². The summed E-state index contributed by atoms with van der Waals surface area (Å²) in [5.74, 6) is 2.59. The third-order valence-corrected chi connectivity index (χ3v) is 4.39. The van der Waals surface area contributed by atoms with E-state index in [4.69, 9.17) is 19.6 Å². The highest BCUT2D eigenvalue weighted by Crippen LogP contribution is 2.26. The number of aromatic nitrogens is 2. The van der Waals surface area contributed by atoms with Gasteiger partial charge in [-0.15, -0.1) is 0 Å². The third kappa shape index (κ3) is 4.35. The van der Waals surface area contributed by atoms with E-state index in [-0.39, 0.29) is 6.61 Å². The molecule has 0 spiro atoms. The zero-order chi connectivity index (χ0) is 18.2. The van der Waals surface area contributed by atoms with Gasteiger partial charge in [-0.1, -0.05) is 24.3 Å². The van der Waals surface area contributed by atoms with Crippen molar-refractivity contribution in [1.82, 2.24) is 9.55 Å². The third-order valence-electron chi connectivity index (χ3n) is 4.39. The van der Waals surface area contributed by atoms with Gasteiger partial charge in [-0.05, 0) is 43.5 Å². The van der Waals surface area contributed by atoms with Crippen LogP contribution in [0.5, 0.6) is 11.5 Å². The second-order valence-electron chi connectivity index (χ2n) is 6.20. The molecule has 138 valence electrons. The zero-order valence-corrected chi connectivity index (χ0v) is 15.2. The maximum atomic E-state index is 9.13. The summed E-state index contributed by atoms with van der Waals surface area (Å²) in [4.78, 5) is 4.72. The molecule has 1 N–H and O–H groups in total. The van der Waals surface area contributed by atoms with Gasteiger partial charge in [0.25, 0.3) is 0 Å². The minimum absolute atomic E-state index is 0.190. The summed E-state index contributed by atoms with van der Waals surface area (Å²) in [7, 11) is 1.65. The summed E-state index contributed by atoms with van der Waals surface area (Å²) in [6.45, 7) is 1.74. The molecule has 0 aliphatic rings. The smallest absolute Gasteiger partial charge is 0.161 e. The van der Waals surface area contributed by atoms with Crippen LogP contribution in [-0.2, 0) is 13.0 Å². The number of imidazole rings is 1. The minimum atomic E-state index is 0.190. The van der Waals surface area contributed by atoms with E-state index < -0.39 is 0 Å². The van der Waals surface area contributed by atoms with Crippen molar-refractivity contribution in [3.05, 3.63) is 54.4 Å². The number of unbranched alkanes of at least 4 members (excludes halogenated alkanes) is 1. The topological polar surface area (TPSA) is 56.5 Å². The van der Waals surface area contributed by atoms with Crippen LogP contribution in [0, 0.1) is 0 Å². The predicted molar refractivity (Wildman–Crippen MR) is 103 cm³/mol. The molecule has 0 fully saturated rings. The fraction of sp³-hybridized carbons (Fsp3) is 0.381. The van der Waals surface area contributed by atoms with Crippen molar-refractivity contribution in [2.24, 2.45) is 0 Å². The van der Waals surface area contributed by atoms with E-state index in [2.05, 4.69) is 10.6 Å². The van der Waals surface area contributed by atoms with Crippen molar-refractivity contribution in [2.75, 3.05) is 20.3 Å². The summed E-state index contributed by atoms with van der Waals surface area (Å²) in [6.07, 6.45) is 3.48. The van der Waals surface area contributed by atoms with E-state index in [0.717, 1.165) is 60.6 Å². The molecule has 5 nitrogen and oxygen atoms in total. The van der Waals surface area contributed by atoms with E-state index in [1.807, 2.05) is 42.5 Å². The highest BCUT2D eigenvalue weighted by Gasteiger charge is 2.10. The van der Waals surface area contributed by atoms with Crippen LogP contribution in [0.15, 0.2) is 48.5 Å². The first-order valence-corrected chi connectivity index (χ1v) is 9.14. The molecule has 0 saturated heterocycles. The van der Waals surface area contributed by atoms with Crippen LogP contribution >= 0.6 is 0 Å². The number of hydrogen-bond acceptors (Lipinski definition) is 4. The molecular weight excluding hydrogens is 328 g/mol. The fourth-order valence-electron chi connectivity index (χ4n) is 3.10. The molecule has 1 heterocycles. The van der Waals surface area contributed by atoms with Crippen molar-refractivity contribution in [1.29, 1.82) is 0 Å². The second-order valence-corrected chi connectivity index (χ2v) is 6.20. The van der Waals surface area contributed by atoms with Crippen LogP contribution in [0.1, 0.15) is 25.1 Å². The second kappa shape index (κ2) is 9.25. The Morgan fingerprint density at radius 2 is 1.73 bits per heavy atom. The predicted octanol–water partition coefficient (Wildman–Crippen LogP) is 3.83. The first kappa shape index (κ1) is 18.3. The molecule has 3 rings (SSSR count). The molecule has 0 unspecified atom stereocenters. The molecule has 0 aliphatic carbocycles. The van der Waals surface area contributed by atoms with Crippen molar-refractivity contribution < 1.29 is 14.6 Å². The zero-order valence-electron chi connectivity index (χ0n) is 15.2. The van der Waals surface area contributed by atoms with Crippen LogP contribution in [-0.4, -0.2) is 35.0 Å². The fourth-order valence-corrected chi connectivity index (χ4v) is 3.10. The van der Waals surface area contributed by atoms with Crippen LogP contribution in [0.2, 0.25) is 0 Å². The number of methoxy groups -OCH3 is 1. The van der Waals surface area contributed by atoms with Crippen molar-refractivity contribution in [3.63, 3.8) is 0 Å². The summed E-state index contributed by atoms with van der Waals surface area (Å²) in [5, 5.41) is 9.13. The van der Waals surface area contributed by atoms with Gasteiger partial charge in [0.15, 0.2) is 11.5 Å². The standard InChI is InChI=1S/C21H26N2O3/c1-25-19-11-4-5-12-20(19)26-16-7-6-14-23-18-10-3-2-9-17(18)22-21(23)13-8-15-24/h2-5,9-12,24H,6-8,13-16H2,1H3. The monoisotopic (exact) mass is 354 g/mol. The number of benzene rings is 2. The summed E-state index contributed by atoms with van der Waals surface area (Å²) in [5.41, 5.74) is 2.18.